The average molecular weight is 451 g/mol. The summed E-state index contributed by atoms with van der Waals surface area (Å²) in [5.74, 6) is 1.18. The maximum Gasteiger partial charge on any atom is 0.252 e. The normalized spacial score (nSPS) is 16.4. The number of hydrogen-bond acceptors (Lipinski definition) is 5. The predicted molar refractivity (Wildman–Crippen MR) is 132 cm³/mol. The maximum absolute atomic E-state index is 13.2. The first-order valence-corrected chi connectivity index (χ1v) is 12.2. The molecular weight excluding hydrogens is 412 g/mol. The van der Waals surface area contributed by atoms with Crippen LogP contribution in [0.3, 0.4) is 0 Å². The highest BCUT2D eigenvalue weighted by atomic mass is 16.1. The number of pyridine rings is 1. The van der Waals surface area contributed by atoms with E-state index in [0.29, 0.717) is 18.5 Å². The zero-order valence-corrected chi connectivity index (χ0v) is 21.1. The third-order valence-corrected chi connectivity index (χ3v) is 6.92. The molecule has 2 aromatic heterocycles. The van der Waals surface area contributed by atoms with Gasteiger partial charge in [0.1, 0.15) is 0 Å². The highest BCUT2D eigenvalue weighted by molar-refractivity contribution is 5.83. The predicted octanol–water partition coefficient (Wildman–Crippen LogP) is 5.03. The summed E-state index contributed by atoms with van der Waals surface area (Å²) in [5.41, 5.74) is 3.83. The molecule has 1 fully saturated rings. The van der Waals surface area contributed by atoms with E-state index in [1.807, 2.05) is 4.68 Å². The van der Waals surface area contributed by atoms with Crippen LogP contribution in [-0.4, -0.2) is 36.1 Å². The largest absolute Gasteiger partial charge is 0.322 e. The van der Waals surface area contributed by atoms with Crippen molar-refractivity contribution in [2.24, 2.45) is 5.92 Å². The van der Waals surface area contributed by atoms with E-state index in [9.17, 15) is 4.79 Å². The Hall–Kier alpha value is -2.54. The molecule has 7 heteroatoms. The number of rotatable bonds is 6. The molecule has 1 saturated carbocycles. The van der Waals surface area contributed by atoms with Crippen molar-refractivity contribution in [1.82, 2.24) is 30.1 Å². The number of aromatic nitrogens is 5. The number of aromatic amines is 1. The molecule has 4 rings (SSSR count). The van der Waals surface area contributed by atoms with Crippen LogP contribution in [0.1, 0.15) is 88.9 Å². The number of tetrazole rings is 1. The minimum Gasteiger partial charge on any atom is -0.322 e. The second kappa shape index (κ2) is 9.01. The van der Waals surface area contributed by atoms with Crippen molar-refractivity contribution in [3.63, 3.8) is 0 Å². The molecule has 0 amide bonds. The quantitative estimate of drug-likeness (QED) is 0.570. The Balaban J connectivity index is 1.81. The molecule has 178 valence electrons. The Bertz CT molecular complexity index is 1180. The third-order valence-electron chi connectivity index (χ3n) is 6.92. The van der Waals surface area contributed by atoms with Gasteiger partial charge in [0.2, 0.25) is 0 Å². The van der Waals surface area contributed by atoms with Crippen molar-refractivity contribution in [2.75, 3.05) is 0 Å². The summed E-state index contributed by atoms with van der Waals surface area (Å²) in [7, 11) is 0. The fraction of sp³-hybridized carbons (Fsp3) is 0.615. The molecule has 0 aliphatic heterocycles. The summed E-state index contributed by atoms with van der Waals surface area (Å²) < 4.78 is 1.96. The van der Waals surface area contributed by atoms with E-state index in [-0.39, 0.29) is 17.1 Å². The SMILES string of the molecule is Cc1cc(C)c2cc(CN(C3CCCC3)C(c3nnnn3C(C)(C)C)C(C)C)c(=O)[nH]c2c1. The maximum atomic E-state index is 13.2. The molecule has 0 radical (unpaired) electrons. The lowest BCUT2D eigenvalue weighted by Gasteiger charge is -2.39. The molecule has 7 nitrogen and oxygen atoms in total. The van der Waals surface area contributed by atoms with Crippen LogP contribution >= 0.6 is 0 Å². The lowest BCUT2D eigenvalue weighted by Crippen LogP contribution is -2.42. The van der Waals surface area contributed by atoms with Gasteiger partial charge >= 0.3 is 0 Å². The van der Waals surface area contributed by atoms with E-state index >= 15 is 0 Å². The Labute approximate surface area is 196 Å². The highest BCUT2D eigenvalue weighted by Crippen LogP contribution is 2.37. The van der Waals surface area contributed by atoms with Crippen molar-refractivity contribution in [2.45, 2.75) is 98.3 Å². The molecule has 2 heterocycles. The van der Waals surface area contributed by atoms with Gasteiger partial charge in [-0.2, -0.15) is 0 Å². The van der Waals surface area contributed by atoms with Gasteiger partial charge in [0, 0.05) is 29.1 Å². The lowest BCUT2D eigenvalue weighted by molar-refractivity contribution is 0.0802. The lowest BCUT2D eigenvalue weighted by atomic mass is 9.96. The minimum atomic E-state index is -0.220. The number of nitrogens with one attached hydrogen (secondary N) is 1. The third kappa shape index (κ3) is 4.74. The summed E-state index contributed by atoms with van der Waals surface area (Å²) in [5, 5.41) is 14.0. The van der Waals surface area contributed by atoms with Crippen molar-refractivity contribution in [1.29, 1.82) is 0 Å². The number of nitrogens with zero attached hydrogens (tertiary/aromatic N) is 5. The number of H-pyrrole nitrogens is 1. The zero-order valence-electron chi connectivity index (χ0n) is 21.1. The Kier molecular flexibility index (Phi) is 6.45. The van der Waals surface area contributed by atoms with Crippen LogP contribution in [0, 0.1) is 19.8 Å². The summed E-state index contributed by atoms with van der Waals surface area (Å²) in [6.07, 6.45) is 4.74. The van der Waals surface area contributed by atoms with E-state index < -0.39 is 0 Å². The average Bonchev–Trinajstić information content (AvgIpc) is 3.39. The Morgan fingerprint density at radius 2 is 1.85 bits per heavy atom. The van der Waals surface area contributed by atoms with E-state index in [4.69, 9.17) is 0 Å². The number of hydrogen-bond donors (Lipinski definition) is 1. The van der Waals surface area contributed by atoms with Crippen molar-refractivity contribution in [3.05, 3.63) is 51.1 Å². The molecule has 1 aliphatic rings. The van der Waals surface area contributed by atoms with Gasteiger partial charge in [-0.3, -0.25) is 9.69 Å². The molecule has 0 saturated heterocycles. The molecule has 1 aromatic carbocycles. The molecule has 1 aliphatic carbocycles. The van der Waals surface area contributed by atoms with E-state index in [1.165, 1.54) is 18.4 Å². The molecular formula is C26H38N6O. The second-order valence-electron chi connectivity index (χ2n) is 11.1. The van der Waals surface area contributed by atoms with E-state index in [1.54, 1.807) is 0 Å². The van der Waals surface area contributed by atoms with Gasteiger partial charge in [-0.15, -0.1) is 5.10 Å². The van der Waals surface area contributed by atoms with Crippen LogP contribution in [0.25, 0.3) is 10.9 Å². The van der Waals surface area contributed by atoms with Crippen LogP contribution in [0.15, 0.2) is 23.0 Å². The number of benzene rings is 1. The van der Waals surface area contributed by atoms with Gasteiger partial charge < -0.3 is 4.98 Å². The fourth-order valence-electron chi connectivity index (χ4n) is 5.41. The number of fused-ring (bicyclic) bond motifs is 1. The molecule has 1 N–H and O–H groups in total. The summed E-state index contributed by atoms with van der Waals surface area (Å²) in [6.45, 7) is 15.6. The number of aryl methyl sites for hydroxylation is 2. The standard InChI is InChI=1S/C26H38N6O/c1-16(2)23(24-28-29-30-32(24)26(5,6)7)31(20-10-8-9-11-20)15-19-14-21-18(4)12-17(3)13-22(21)27-25(19)33/h12-14,16,20,23H,8-11,15H2,1-7H3,(H,27,33). The topological polar surface area (TPSA) is 79.7 Å². The van der Waals surface area contributed by atoms with E-state index in [0.717, 1.165) is 40.7 Å². The molecule has 1 atom stereocenters. The molecule has 1 unspecified atom stereocenters. The molecule has 33 heavy (non-hydrogen) atoms. The monoisotopic (exact) mass is 450 g/mol. The first-order valence-electron chi connectivity index (χ1n) is 12.2. The van der Waals surface area contributed by atoms with Crippen LogP contribution in [0.5, 0.6) is 0 Å². The van der Waals surface area contributed by atoms with Gasteiger partial charge in [-0.1, -0.05) is 32.8 Å². The second-order valence-corrected chi connectivity index (χ2v) is 11.1. The van der Waals surface area contributed by atoms with Crippen molar-refractivity contribution in [3.8, 4) is 0 Å². The Morgan fingerprint density at radius 3 is 2.48 bits per heavy atom. The van der Waals surface area contributed by atoms with Crippen LogP contribution in [0.2, 0.25) is 0 Å². The minimum absolute atomic E-state index is 0.00610. The van der Waals surface area contributed by atoms with Crippen LogP contribution < -0.4 is 5.56 Å². The van der Waals surface area contributed by atoms with Gasteiger partial charge in [0.25, 0.3) is 5.56 Å². The summed E-state index contributed by atoms with van der Waals surface area (Å²) in [6, 6.07) is 6.76. The van der Waals surface area contributed by atoms with E-state index in [2.05, 4.69) is 92.1 Å². The smallest absolute Gasteiger partial charge is 0.252 e. The van der Waals surface area contributed by atoms with Crippen molar-refractivity contribution < 1.29 is 0 Å². The van der Waals surface area contributed by atoms with Crippen LogP contribution in [-0.2, 0) is 12.1 Å². The molecule has 0 bridgehead atoms. The molecule has 3 aromatic rings. The summed E-state index contributed by atoms with van der Waals surface area (Å²) >= 11 is 0. The first kappa shape index (κ1) is 23.6. The van der Waals surface area contributed by atoms with Crippen LogP contribution in [0.4, 0.5) is 0 Å². The zero-order chi connectivity index (χ0) is 23.9. The van der Waals surface area contributed by atoms with Gasteiger partial charge in [-0.25, -0.2) is 4.68 Å². The highest BCUT2D eigenvalue weighted by Gasteiger charge is 2.37. The van der Waals surface area contributed by atoms with Gasteiger partial charge in [0.15, 0.2) is 5.82 Å². The Morgan fingerprint density at radius 1 is 1.15 bits per heavy atom. The summed E-state index contributed by atoms with van der Waals surface area (Å²) in [4.78, 5) is 18.8. The van der Waals surface area contributed by atoms with Crippen molar-refractivity contribution >= 4 is 10.9 Å². The first-order chi connectivity index (χ1) is 15.6. The molecule has 0 spiro atoms. The van der Waals surface area contributed by atoms with Gasteiger partial charge in [0.05, 0.1) is 11.6 Å². The fourth-order valence-corrected chi connectivity index (χ4v) is 5.41. The van der Waals surface area contributed by atoms with Gasteiger partial charge in [-0.05, 0) is 87.1 Å².